The van der Waals surface area contributed by atoms with Crippen molar-refractivity contribution in [1.82, 2.24) is 0 Å². The van der Waals surface area contributed by atoms with Crippen molar-refractivity contribution in [1.29, 1.82) is 0 Å². The number of ether oxygens (including phenoxy) is 1. The van der Waals surface area contributed by atoms with Gasteiger partial charge in [-0.1, -0.05) is 39.3 Å². The van der Waals surface area contributed by atoms with Gasteiger partial charge in [0.2, 0.25) is 0 Å². The van der Waals surface area contributed by atoms with Gasteiger partial charge in [-0.3, -0.25) is 0 Å². The average molecular weight is 292 g/mol. The smallest absolute Gasteiger partial charge is 0.341 e. The molecular weight excluding hydrogens is 267 g/mol. The lowest BCUT2D eigenvalue weighted by molar-refractivity contribution is -0.0177. The van der Waals surface area contributed by atoms with E-state index in [0.717, 1.165) is 12.8 Å². The SMILES string of the molecule is Cc1cccc(C(=O)OC2CC(C)CCC2C(C)C)c1F. The lowest BCUT2D eigenvalue weighted by Crippen LogP contribution is -2.36. The minimum atomic E-state index is -0.527. The number of hydrogen-bond donors (Lipinski definition) is 0. The predicted octanol–water partition coefficient (Wildman–Crippen LogP) is 4.75. The van der Waals surface area contributed by atoms with E-state index in [1.807, 2.05) is 0 Å². The summed E-state index contributed by atoms with van der Waals surface area (Å²) in [5.41, 5.74) is 0.526. The number of rotatable bonds is 3. The molecule has 0 bridgehead atoms. The standard InChI is InChI=1S/C18H25FO2/c1-11(2)14-9-8-12(3)10-16(14)21-18(20)15-7-5-6-13(4)17(15)19/h5-7,11-12,14,16H,8-10H2,1-4H3. The molecular formula is C18H25FO2. The molecule has 1 aliphatic rings. The Hall–Kier alpha value is -1.38. The fourth-order valence-corrected chi connectivity index (χ4v) is 3.26. The lowest BCUT2D eigenvalue weighted by Gasteiger charge is -2.36. The Kier molecular flexibility index (Phi) is 5.02. The first-order valence-electron chi connectivity index (χ1n) is 7.86. The van der Waals surface area contributed by atoms with E-state index in [9.17, 15) is 9.18 Å². The van der Waals surface area contributed by atoms with E-state index < -0.39 is 11.8 Å². The first-order valence-corrected chi connectivity index (χ1v) is 7.86. The summed E-state index contributed by atoms with van der Waals surface area (Å²) >= 11 is 0. The van der Waals surface area contributed by atoms with Crippen LogP contribution in [-0.4, -0.2) is 12.1 Å². The first-order chi connectivity index (χ1) is 9.90. The molecule has 0 spiro atoms. The third-order valence-corrected chi connectivity index (χ3v) is 4.63. The Labute approximate surface area is 126 Å². The van der Waals surface area contributed by atoms with E-state index in [0.29, 0.717) is 23.3 Å². The van der Waals surface area contributed by atoms with Gasteiger partial charge in [-0.05, 0) is 49.1 Å². The molecule has 0 N–H and O–H groups in total. The molecule has 0 amide bonds. The summed E-state index contributed by atoms with van der Waals surface area (Å²) in [6.07, 6.45) is 3.03. The normalized spacial score (nSPS) is 25.9. The molecule has 3 unspecified atom stereocenters. The van der Waals surface area contributed by atoms with Crippen LogP contribution in [-0.2, 0) is 4.74 Å². The van der Waals surface area contributed by atoms with Gasteiger partial charge >= 0.3 is 5.97 Å². The van der Waals surface area contributed by atoms with Crippen LogP contribution in [0.25, 0.3) is 0 Å². The highest BCUT2D eigenvalue weighted by molar-refractivity contribution is 5.90. The Bertz CT molecular complexity index is 510. The summed E-state index contributed by atoms with van der Waals surface area (Å²) in [5.74, 6) is 0.407. The number of halogens is 1. The molecule has 0 heterocycles. The topological polar surface area (TPSA) is 26.3 Å². The third kappa shape index (κ3) is 3.63. The molecule has 1 aromatic carbocycles. The van der Waals surface area contributed by atoms with Crippen molar-refractivity contribution in [2.75, 3.05) is 0 Å². The maximum atomic E-state index is 14.0. The molecule has 1 saturated carbocycles. The summed E-state index contributed by atoms with van der Waals surface area (Å²) in [7, 11) is 0. The number of aryl methyl sites for hydroxylation is 1. The highest BCUT2D eigenvalue weighted by Gasteiger charge is 2.34. The second-order valence-electron chi connectivity index (χ2n) is 6.71. The number of benzene rings is 1. The number of carbonyl (C=O) groups excluding carboxylic acids is 1. The van der Waals surface area contributed by atoms with Crippen LogP contribution in [0.4, 0.5) is 4.39 Å². The molecule has 0 aromatic heterocycles. The number of carbonyl (C=O) groups is 1. The molecule has 0 aliphatic heterocycles. The molecule has 2 nitrogen and oxygen atoms in total. The molecule has 2 rings (SSSR count). The van der Waals surface area contributed by atoms with Crippen LogP contribution in [0, 0.1) is 30.5 Å². The maximum absolute atomic E-state index is 14.0. The highest BCUT2D eigenvalue weighted by atomic mass is 19.1. The van der Waals surface area contributed by atoms with Crippen LogP contribution in [0.15, 0.2) is 18.2 Å². The van der Waals surface area contributed by atoms with Crippen molar-refractivity contribution in [3.8, 4) is 0 Å². The Morgan fingerprint density at radius 2 is 2.05 bits per heavy atom. The number of esters is 1. The second kappa shape index (κ2) is 6.59. The lowest BCUT2D eigenvalue weighted by atomic mass is 9.75. The van der Waals surface area contributed by atoms with Crippen molar-refractivity contribution < 1.29 is 13.9 Å². The molecule has 0 saturated heterocycles. The predicted molar refractivity (Wildman–Crippen MR) is 81.7 cm³/mol. The monoisotopic (exact) mass is 292 g/mol. The van der Waals surface area contributed by atoms with Gasteiger partial charge in [-0.2, -0.15) is 0 Å². The highest BCUT2D eigenvalue weighted by Crippen LogP contribution is 2.35. The van der Waals surface area contributed by atoms with E-state index in [1.165, 1.54) is 12.5 Å². The molecule has 116 valence electrons. The molecule has 21 heavy (non-hydrogen) atoms. The summed E-state index contributed by atoms with van der Waals surface area (Å²) in [4.78, 5) is 12.3. The second-order valence-corrected chi connectivity index (χ2v) is 6.71. The van der Waals surface area contributed by atoms with E-state index in [4.69, 9.17) is 4.74 Å². The Morgan fingerprint density at radius 3 is 2.71 bits per heavy atom. The average Bonchev–Trinajstić information content (AvgIpc) is 2.41. The van der Waals surface area contributed by atoms with Gasteiger partial charge in [0.25, 0.3) is 0 Å². The summed E-state index contributed by atoms with van der Waals surface area (Å²) in [6, 6.07) is 4.85. The van der Waals surface area contributed by atoms with E-state index in [1.54, 1.807) is 19.1 Å². The van der Waals surface area contributed by atoms with E-state index in [2.05, 4.69) is 20.8 Å². The van der Waals surface area contributed by atoms with Crippen LogP contribution >= 0.6 is 0 Å². The molecule has 1 aromatic rings. The van der Waals surface area contributed by atoms with E-state index in [-0.39, 0.29) is 11.7 Å². The molecule has 1 aliphatic carbocycles. The van der Waals surface area contributed by atoms with Gasteiger partial charge in [-0.25, -0.2) is 9.18 Å². The minimum Gasteiger partial charge on any atom is -0.458 e. The van der Waals surface area contributed by atoms with Gasteiger partial charge in [0, 0.05) is 0 Å². The first kappa shape index (κ1) is 16.0. The maximum Gasteiger partial charge on any atom is 0.341 e. The van der Waals surface area contributed by atoms with Crippen LogP contribution in [0.1, 0.15) is 56.0 Å². The zero-order chi connectivity index (χ0) is 15.6. The summed E-state index contributed by atoms with van der Waals surface area (Å²) < 4.78 is 19.7. The third-order valence-electron chi connectivity index (χ3n) is 4.63. The number of hydrogen-bond acceptors (Lipinski definition) is 2. The molecule has 0 radical (unpaired) electrons. The van der Waals surface area contributed by atoms with Crippen molar-refractivity contribution in [3.05, 3.63) is 35.1 Å². The van der Waals surface area contributed by atoms with Crippen LogP contribution in [0.2, 0.25) is 0 Å². The summed E-state index contributed by atoms with van der Waals surface area (Å²) in [6.45, 7) is 8.17. The Balaban J connectivity index is 2.14. The molecule has 1 fully saturated rings. The zero-order valence-corrected chi connectivity index (χ0v) is 13.4. The molecule has 3 atom stereocenters. The van der Waals surface area contributed by atoms with Crippen LogP contribution in [0.3, 0.4) is 0 Å². The van der Waals surface area contributed by atoms with Crippen LogP contribution in [0.5, 0.6) is 0 Å². The van der Waals surface area contributed by atoms with Gasteiger partial charge in [-0.15, -0.1) is 0 Å². The fraction of sp³-hybridized carbons (Fsp3) is 0.611. The van der Waals surface area contributed by atoms with E-state index >= 15 is 0 Å². The molecule has 3 heteroatoms. The summed E-state index contributed by atoms with van der Waals surface area (Å²) in [5, 5.41) is 0. The zero-order valence-electron chi connectivity index (χ0n) is 13.4. The van der Waals surface area contributed by atoms with Crippen LogP contribution < -0.4 is 0 Å². The Morgan fingerprint density at radius 1 is 1.33 bits per heavy atom. The fourth-order valence-electron chi connectivity index (χ4n) is 3.26. The van der Waals surface area contributed by atoms with Gasteiger partial charge in [0.15, 0.2) is 0 Å². The largest absolute Gasteiger partial charge is 0.458 e. The van der Waals surface area contributed by atoms with Crippen molar-refractivity contribution in [3.63, 3.8) is 0 Å². The van der Waals surface area contributed by atoms with Gasteiger partial charge < -0.3 is 4.74 Å². The van der Waals surface area contributed by atoms with Crippen molar-refractivity contribution in [2.24, 2.45) is 17.8 Å². The van der Waals surface area contributed by atoms with Gasteiger partial charge in [0.1, 0.15) is 11.9 Å². The van der Waals surface area contributed by atoms with Gasteiger partial charge in [0.05, 0.1) is 5.56 Å². The minimum absolute atomic E-state index is 0.0516. The quantitative estimate of drug-likeness (QED) is 0.751. The van der Waals surface area contributed by atoms with Crippen molar-refractivity contribution >= 4 is 5.97 Å². The van der Waals surface area contributed by atoms with Crippen molar-refractivity contribution in [2.45, 2.75) is 53.1 Å².